The fourth-order valence-corrected chi connectivity index (χ4v) is 6.55. The molecule has 160 valence electrons. The Labute approximate surface area is 179 Å². The molecular formula is C23H34ClN3O2. The van der Waals surface area contributed by atoms with Crippen LogP contribution >= 0.6 is 11.6 Å². The summed E-state index contributed by atoms with van der Waals surface area (Å²) in [7, 11) is 0. The van der Waals surface area contributed by atoms with E-state index in [-0.39, 0.29) is 23.7 Å². The number of aryl methyl sites for hydroxylation is 1. The molecule has 0 aliphatic heterocycles. The molecule has 1 aromatic rings. The second-order valence-corrected chi connectivity index (χ2v) is 10.3. The van der Waals surface area contributed by atoms with Gasteiger partial charge in [-0.1, -0.05) is 11.6 Å². The maximum Gasteiger partial charge on any atom is 0.254 e. The quantitative estimate of drug-likeness (QED) is 0.422. The van der Waals surface area contributed by atoms with Gasteiger partial charge in [0.15, 0.2) is 0 Å². The van der Waals surface area contributed by atoms with Gasteiger partial charge in [0.1, 0.15) is 5.15 Å². The van der Waals surface area contributed by atoms with Gasteiger partial charge in [0.25, 0.3) is 5.91 Å². The first kappa shape index (κ1) is 21.1. The lowest BCUT2D eigenvalue weighted by atomic mass is 9.49. The molecule has 0 unspecified atom stereocenters. The first-order valence-electron chi connectivity index (χ1n) is 11.2. The highest BCUT2D eigenvalue weighted by molar-refractivity contribution is 6.32. The number of carbonyl (C=O) groups is 1. The Morgan fingerprint density at radius 3 is 2.55 bits per heavy atom. The van der Waals surface area contributed by atoms with Crippen LogP contribution in [-0.2, 0) is 6.42 Å². The number of aromatic nitrogens is 1. The summed E-state index contributed by atoms with van der Waals surface area (Å²) in [6.07, 6.45) is 11.6. The van der Waals surface area contributed by atoms with Crippen LogP contribution in [0.1, 0.15) is 67.8 Å². The third kappa shape index (κ3) is 4.95. The minimum absolute atomic E-state index is 0.0906. The second kappa shape index (κ2) is 8.91. The highest BCUT2D eigenvalue weighted by Gasteiger charge is 2.50. The van der Waals surface area contributed by atoms with Gasteiger partial charge in [0.05, 0.1) is 12.2 Å². The number of pyridine rings is 1. The van der Waals surface area contributed by atoms with Gasteiger partial charge in [0, 0.05) is 18.8 Å². The van der Waals surface area contributed by atoms with Gasteiger partial charge in [0.2, 0.25) is 0 Å². The van der Waals surface area contributed by atoms with E-state index in [0.29, 0.717) is 11.0 Å². The molecule has 0 saturated heterocycles. The fourth-order valence-electron chi connectivity index (χ4n) is 6.36. The molecule has 4 saturated carbocycles. The normalized spacial score (nSPS) is 31.1. The Hall–Kier alpha value is -1.17. The van der Waals surface area contributed by atoms with E-state index in [1.54, 1.807) is 6.20 Å². The van der Waals surface area contributed by atoms with Gasteiger partial charge >= 0.3 is 0 Å². The molecule has 4 fully saturated rings. The minimum Gasteiger partial charge on any atom is -0.395 e. The number of hydrogen-bond acceptors (Lipinski definition) is 4. The van der Waals surface area contributed by atoms with Crippen molar-refractivity contribution in [2.24, 2.45) is 23.2 Å². The zero-order chi connectivity index (χ0) is 20.4. The molecule has 1 amide bonds. The minimum atomic E-state index is -0.0906. The van der Waals surface area contributed by atoms with Crippen LogP contribution in [0.5, 0.6) is 0 Å². The van der Waals surface area contributed by atoms with E-state index in [9.17, 15) is 4.79 Å². The molecule has 1 aromatic heterocycles. The molecule has 4 aliphatic carbocycles. The van der Waals surface area contributed by atoms with E-state index in [1.165, 1.54) is 38.5 Å². The summed E-state index contributed by atoms with van der Waals surface area (Å²) in [6.45, 7) is 3.68. The lowest BCUT2D eigenvalue weighted by molar-refractivity contribution is -0.0503. The van der Waals surface area contributed by atoms with Crippen molar-refractivity contribution < 1.29 is 9.90 Å². The zero-order valence-corrected chi connectivity index (χ0v) is 18.2. The lowest BCUT2D eigenvalue weighted by Crippen LogP contribution is -2.51. The molecule has 29 heavy (non-hydrogen) atoms. The number of aliphatic hydroxyl groups excluding tert-OH is 1. The van der Waals surface area contributed by atoms with E-state index in [1.807, 2.05) is 13.0 Å². The third-order valence-corrected chi connectivity index (χ3v) is 7.64. The third-order valence-electron chi connectivity index (χ3n) is 7.34. The summed E-state index contributed by atoms with van der Waals surface area (Å²) in [6, 6.07) is 1.99. The van der Waals surface area contributed by atoms with Gasteiger partial charge < -0.3 is 15.7 Å². The smallest absolute Gasteiger partial charge is 0.254 e. The Morgan fingerprint density at radius 1 is 1.28 bits per heavy atom. The molecule has 5 nitrogen and oxygen atoms in total. The number of hydrogen-bond donors (Lipinski definition) is 3. The van der Waals surface area contributed by atoms with Crippen LogP contribution in [0.25, 0.3) is 0 Å². The maximum atomic E-state index is 12.9. The van der Waals surface area contributed by atoms with Crippen molar-refractivity contribution in [3.05, 3.63) is 28.5 Å². The first-order valence-corrected chi connectivity index (χ1v) is 11.6. The van der Waals surface area contributed by atoms with Crippen molar-refractivity contribution in [3.8, 4) is 0 Å². The van der Waals surface area contributed by atoms with Crippen LogP contribution < -0.4 is 10.6 Å². The summed E-state index contributed by atoms with van der Waals surface area (Å²) >= 11 is 6.26. The monoisotopic (exact) mass is 419 g/mol. The van der Waals surface area contributed by atoms with Gasteiger partial charge in [-0.2, -0.15) is 0 Å². The molecule has 1 atom stereocenters. The molecule has 5 rings (SSSR count). The second-order valence-electron chi connectivity index (χ2n) is 9.92. The van der Waals surface area contributed by atoms with Crippen molar-refractivity contribution in [1.29, 1.82) is 0 Å². The summed E-state index contributed by atoms with van der Waals surface area (Å²) in [5, 5.41) is 15.8. The SMILES string of the molecule is C[C@@H](CO)NCCCc1cnc(Cl)c(C(=O)NCC23CC4CC(CC(C4)C2)C3)c1. The van der Waals surface area contributed by atoms with E-state index in [2.05, 4.69) is 15.6 Å². The number of nitrogens with zero attached hydrogens (tertiary/aromatic N) is 1. The van der Waals surface area contributed by atoms with Crippen molar-refractivity contribution in [2.75, 3.05) is 19.7 Å². The first-order chi connectivity index (χ1) is 14.0. The van der Waals surface area contributed by atoms with Gasteiger partial charge in [-0.05, 0) is 99.6 Å². The predicted molar refractivity (Wildman–Crippen MR) is 115 cm³/mol. The van der Waals surface area contributed by atoms with E-state index >= 15 is 0 Å². The van der Waals surface area contributed by atoms with E-state index in [0.717, 1.165) is 49.2 Å². The standard InChI is InChI=1S/C23H34ClN3O2/c1-15(13-28)25-4-2-3-16-8-20(21(24)26-12-16)22(29)27-14-23-9-17-5-18(10-23)7-19(6-17)11-23/h8,12,15,17-19,25,28H,2-7,9-11,13-14H2,1H3,(H,27,29)/t15-,17?,18?,19?,23?/m0/s1. The highest BCUT2D eigenvalue weighted by atomic mass is 35.5. The van der Waals surface area contributed by atoms with Gasteiger partial charge in [-0.3, -0.25) is 4.79 Å². The molecule has 3 N–H and O–H groups in total. The van der Waals surface area contributed by atoms with Crippen LogP contribution in [-0.4, -0.2) is 41.7 Å². The summed E-state index contributed by atoms with van der Waals surface area (Å²) in [4.78, 5) is 17.1. The van der Waals surface area contributed by atoms with Crippen molar-refractivity contribution >= 4 is 17.5 Å². The number of aliphatic hydroxyl groups is 1. The number of carbonyl (C=O) groups excluding carboxylic acids is 1. The van der Waals surface area contributed by atoms with Crippen LogP contribution in [0.4, 0.5) is 0 Å². The van der Waals surface area contributed by atoms with Crippen molar-refractivity contribution in [1.82, 2.24) is 15.6 Å². The Morgan fingerprint density at radius 2 is 1.93 bits per heavy atom. The number of halogens is 1. The van der Waals surface area contributed by atoms with E-state index < -0.39 is 0 Å². The van der Waals surface area contributed by atoms with Crippen molar-refractivity contribution in [3.63, 3.8) is 0 Å². The van der Waals surface area contributed by atoms with Crippen LogP contribution in [0.15, 0.2) is 12.3 Å². The summed E-state index contributed by atoms with van der Waals surface area (Å²) < 4.78 is 0. The van der Waals surface area contributed by atoms with E-state index in [4.69, 9.17) is 16.7 Å². The zero-order valence-electron chi connectivity index (χ0n) is 17.4. The van der Waals surface area contributed by atoms with Gasteiger partial charge in [-0.15, -0.1) is 0 Å². The molecule has 6 heteroatoms. The maximum absolute atomic E-state index is 12.9. The molecule has 1 heterocycles. The Kier molecular flexibility index (Phi) is 6.47. The Balaban J connectivity index is 1.32. The predicted octanol–water partition coefficient (Wildman–Crippen LogP) is 3.58. The average Bonchev–Trinajstić information content (AvgIpc) is 2.69. The summed E-state index contributed by atoms with van der Waals surface area (Å²) in [5.41, 5.74) is 1.83. The van der Waals surface area contributed by atoms with Gasteiger partial charge in [-0.25, -0.2) is 4.98 Å². The number of rotatable bonds is 9. The van der Waals surface area contributed by atoms with Crippen LogP contribution in [0.3, 0.4) is 0 Å². The lowest BCUT2D eigenvalue weighted by Gasteiger charge is -2.56. The molecule has 4 bridgehead atoms. The fraction of sp³-hybridized carbons (Fsp3) is 0.739. The average molecular weight is 420 g/mol. The number of nitrogens with one attached hydrogen (secondary N) is 2. The largest absolute Gasteiger partial charge is 0.395 e. The molecule has 0 radical (unpaired) electrons. The molecule has 0 aromatic carbocycles. The summed E-state index contributed by atoms with van der Waals surface area (Å²) in [5.74, 6) is 2.56. The topological polar surface area (TPSA) is 74.2 Å². The number of amides is 1. The van der Waals surface area contributed by atoms with Crippen molar-refractivity contribution in [2.45, 2.75) is 64.3 Å². The molecule has 0 spiro atoms. The van der Waals surface area contributed by atoms with Crippen LogP contribution in [0.2, 0.25) is 5.15 Å². The Bertz CT molecular complexity index is 704. The molecular weight excluding hydrogens is 386 g/mol. The highest BCUT2D eigenvalue weighted by Crippen LogP contribution is 2.59. The van der Waals surface area contributed by atoms with Crippen LogP contribution in [0, 0.1) is 23.2 Å². The molecule has 4 aliphatic rings.